The first-order valence-electron chi connectivity index (χ1n) is 5.45. The lowest BCUT2D eigenvalue weighted by molar-refractivity contribution is 0.101. The van der Waals surface area contributed by atoms with Crippen LogP contribution in [0, 0.1) is 0 Å². The summed E-state index contributed by atoms with van der Waals surface area (Å²) in [5.74, 6) is 0.193. The number of carbonyl (C=O) groups is 1. The van der Waals surface area contributed by atoms with Crippen molar-refractivity contribution >= 4 is 28.9 Å². The first-order chi connectivity index (χ1) is 9.02. The lowest BCUT2D eigenvalue weighted by Crippen LogP contribution is -2.17. The van der Waals surface area contributed by atoms with Crippen molar-refractivity contribution in [2.75, 3.05) is 18.2 Å². The fraction of sp³-hybridized carbons (Fsp3) is 0.167. The predicted octanol–water partition coefficient (Wildman–Crippen LogP) is 1.92. The molecule has 100 valence electrons. The third-order valence-electron chi connectivity index (χ3n) is 2.59. The molecule has 0 atom stereocenters. The van der Waals surface area contributed by atoms with Crippen molar-refractivity contribution in [3.8, 4) is 5.75 Å². The Hall–Kier alpha value is -2.21. The normalized spacial score (nSPS) is 10.3. The summed E-state index contributed by atoms with van der Waals surface area (Å²) in [4.78, 5) is 12.1. The second kappa shape index (κ2) is 5.19. The van der Waals surface area contributed by atoms with Crippen LogP contribution in [-0.4, -0.2) is 22.8 Å². The summed E-state index contributed by atoms with van der Waals surface area (Å²) < 4.78 is 6.45. The number of rotatable bonds is 3. The molecule has 0 aliphatic heterocycles. The molecule has 0 aliphatic carbocycles. The summed E-state index contributed by atoms with van der Waals surface area (Å²) in [6, 6.07) is 4.96. The molecule has 1 heterocycles. The summed E-state index contributed by atoms with van der Waals surface area (Å²) in [6.07, 6.45) is 1.43. The number of benzene rings is 1. The quantitative estimate of drug-likeness (QED) is 0.900. The molecule has 0 aliphatic rings. The van der Waals surface area contributed by atoms with E-state index in [4.69, 9.17) is 22.1 Å². The van der Waals surface area contributed by atoms with Gasteiger partial charge in [0.25, 0.3) is 5.91 Å². The molecule has 0 fully saturated rings. The van der Waals surface area contributed by atoms with E-state index in [1.807, 2.05) is 0 Å². The van der Waals surface area contributed by atoms with Crippen LogP contribution in [0.1, 0.15) is 10.5 Å². The summed E-state index contributed by atoms with van der Waals surface area (Å²) in [6.45, 7) is 0. The summed E-state index contributed by atoms with van der Waals surface area (Å²) >= 11 is 5.98. The Kier molecular flexibility index (Phi) is 3.62. The molecule has 0 bridgehead atoms. The molecule has 1 amide bonds. The van der Waals surface area contributed by atoms with Crippen molar-refractivity contribution < 1.29 is 9.53 Å². The van der Waals surface area contributed by atoms with Gasteiger partial charge in [0.15, 0.2) is 0 Å². The molecular formula is C12H13ClN4O2. The van der Waals surface area contributed by atoms with E-state index < -0.39 is 0 Å². The van der Waals surface area contributed by atoms with Gasteiger partial charge in [0.1, 0.15) is 11.4 Å². The van der Waals surface area contributed by atoms with E-state index in [0.717, 1.165) is 0 Å². The molecule has 2 aromatic rings. The highest BCUT2D eigenvalue weighted by Crippen LogP contribution is 2.27. The maximum atomic E-state index is 12.1. The predicted molar refractivity (Wildman–Crippen MR) is 73.6 cm³/mol. The van der Waals surface area contributed by atoms with E-state index in [1.165, 1.54) is 18.0 Å². The van der Waals surface area contributed by atoms with Gasteiger partial charge in [-0.1, -0.05) is 11.6 Å². The first-order valence-corrected chi connectivity index (χ1v) is 5.83. The standard InChI is InChI=1S/C12H13ClN4O2/c1-17-11(9(14)6-15-17)12(18)16-7-3-4-10(19-2)8(13)5-7/h3-6H,14H2,1-2H3,(H,16,18). The van der Waals surface area contributed by atoms with Crippen molar-refractivity contribution in [2.24, 2.45) is 7.05 Å². The SMILES string of the molecule is COc1ccc(NC(=O)c2c(N)cnn2C)cc1Cl. The molecule has 6 nitrogen and oxygen atoms in total. The maximum absolute atomic E-state index is 12.1. The minimum absolute atomic E-state index is 0.298. The number of nitrogens with one attached hydrogen (secondary N) is 1. The van der Waals surface area contributed by atoms with Crippen LogP contribution in [0.5, 0.6) is 5.75 Å². The van der Waals surface area contributed by atoms with Crippen LogP contribution in [0.25, 0.3) is 0 Å². The highest BCUT2D eigenvalue weighted by Gasteiger charge is 2.15. The smallest absolute Gasteiger partial charge is 0.276 e. The van der Waals surface area contributed by atoms with Crippen LogP contribution in [0.4, 0.5) is 11.4 Å². The Labute approximate surface area is 115 Å². The van der Waals surface area contributed by atoms with E-state index in [-0.39, 0.29) is 5.91 Å². The van der Waals surface area contributed by atoms with E-state index in [0.29, 0.717) is 27.8 Å². The number of anilines is 2. The number of aryl methyl sites for hydroxylation is 1. The third kappa shape index (κ3) is 2.63. The van der Waals surface area contributed by atoms with Crippen molar-refractivity contribution in [3.05, 3.63) is 35.1 Å². The van der Waals surface area contributed by atoms with Crippen molar-refractivity contribution in [1.82, 2.24) is 9.78 Å². The van der Waals surface area contributed by atoms with Gasteiger partial charge in [-0.3, -0.25) is 9.48 Å². The summed E-state index contributed by atoms with van der Waals surface area (Å²) in [5.41, 5.74) is 6.85. The molecule has 19 heavy (non-hydrogen) atoms. The molecule has 1 aromatic carbocycles. The van der Waals surface area contributed by atoms with Gasteiger partial charge in [-0.05, 0) is 18.2 Å². The number of halogens is 1. The zero-order valence-electron chi connectivity index (χ0n) is 10.5. The van der Waals surface area contributed by atoms with Gasteiger partial charge >= 0.3 is 0 Å². The molecule has 3 N–H and O–H groups in total. The lowest BCUT2D eigenvalue weighted by Gasteiger charge is -2.08. The number of amides is 1. The molecule has 0 saturated heterocycles. The average Bonchev–Trinajstić information content (AvgIpc) is 2.69. The fourth-order valence-corrected chi connectivity index (χ4v) is 1.92. The monoisotopic (exact) mass is 280 g/mol. The topological polar surface area (TPSA) is 82.2 Å². The van der Waals surface area contributed by atoms with Gasteiger partial charge < -0.3 is 15.8 Å². The average molecular weight is 281 g/mol. The zero-order chi connectivity index (χ0) is 14.0. The molecule has 0 unspecified atom stereocenters. The first kappa shape index (κ1) is 13.2. The number of methoxy groups -OCH3 is 1. The van der Waals surface area contributed by atoms with Crippen LogP contribution in [0.15, 0.2) is 24.4 Å². The molecular weight excluding hydrogens is 268 g/mol. The lowest BCUT2D eigenvalue weighted by atomic mass is 10.2. The highest BCUT2D eigenvalue weighted by molar-refractivity contribution is 6.32. The van der Waals surface area contributed by atoms with Gasteiger partial charge in [-0.15, -0.1) is 0 Å². The largest absolute Gasteiger partial charge is 0.495 e. The van der Waals surface area contributed by atoms with E-state index >= 15 is 0 Å². The number of hydrogen-bond acceptors (Lipinski definition) is 4. The number of nitrogen functional groups attached to an aromatic ring is 1. The molecule has 1 aromatic heterocycles. The molecule has 0 spiro atoms. The van der Waals surface area contributed by atoms with Crippen molar-refractivity contribution in [2.45, 2.75) is 0 Å². The van der Waals surface area contributed by atoms with Crippen LogP contribution < -0.4 is 15.8 Å². The number of nitrogens with two attached hydrogens (primary N) is 1. The van der Waals surface area contributed by atoms with Gasteiger partial charge in [-0.25, -0.2) is 0 Å². The Morgan fingerprint density at radius 1 is 1.53 bits per heavy atom. The van der Waals surface area contributed by atoms with Gasteiger partial charge in [-0.2, -0.15) is 5.10 Å². The van der Waals surface area contributed by atoms with Gasteiger partial charge in [0, 0.05) is 12.7 Å². The van der Waals surface area contributed by atoms with Crippen LogP contribution in [0.2, 0.25) is 5.02 Å². The van der Waals surface area contributed by atoms with E-state index in [9.17, 15) is 4.79 Å². The molecule has 2 rings (SSSR count). The number of ether oxygens (including phenoxy) is 1. The zero-order valence-corrected chi connectivity index (χ0v) is 11.2. The number of carbonyl (C=O) groups excluding carboxylic acids is 1. The van der Waals surface area contributed by atoms with Crippen LogP contribution in [0.3, 0.4) is 0 Å². The third-order valence-corrected chi connectivity index (χ3v) is 2.89. The minimum atomic E-state index is -0.348. The summed E-state index contributed by atoms with van der Waals surface area (Å²) in [5, 5.41) is 7.02. The van der Waals surface area contributed by atoms with Crippen molar-refractivity contribution in [1.29, 1.82) is 0 Å². The Morgan fingerprint density at radius 3 is 2.79 bits per heavy atom. The minimum Gasteiger partial charge on any atom is -0.495 e. The molecule has 7 heteroatoms. The molecule has 0 radical (unpaired) electrons. The van der Waals surface area contributed by atoms with Gasteiger partial charge in [0.2, 0.25) is 0 Å². The molecule has 0 saturated carbocycles. The number of aromatic nitrogens is 2. The van der Waals surface area contributed by atoms with E-state index in [2.05, 4.69) is 10.4 Å². The fourth-order valence-electron chi connectivity index (χ4n) is 1.67. The number of hydrogen-bond donors (Lipinski definition) is 2. The van der Waals surface area contributed by atoms with E-state index in [1.54, 1.807) is 25.2 Å². The second-order valence-corrected chi connectivity index (χ2v) is 4.28. The van der Waals surface area contributed by atoms with Crippen molar-refractivity contribution in [3.63, 3.8) is 0 Å². The Bertz CT molecular complexity index is 605. The second-order valence-electron chi connectivity index (χ2n) is 3.88. The Morgan fingerprint density at radius 2 is 2.26 bits per heavy atom. The van der Waals surface area contributed by atoms with Gasteiger partial charge in [0.05, 0.1) is 24.0 Å². The number of nitrogens with zero attached hydrogens (tertiary/aromatic N) is 2. The van der Waals surface area contributed by atoms with Crippen LogP contribution in [-0.2, 0) is 7.05 Å². The highest BCUT2D eigenvalue weighted by atomic mass is 35.5. The van der Waals surface area contributed by atoms with Crippen LogP contribution >= 0.6 is 11.6 Å². The maximum Gasteiger partial charge on any atom is 0.276 e. The Balaban J connectivity index is 2.22. The summed E-state index contributed by atoms with van der Waals surface area (Å²) in [7, 11) is 3.17.